The molecule has 0 aliphatic rings. The van der Waals surface area contributed by atoms with Gasteiger partial charge < -0.3 is 4.74 Å². The molecule has 0 bridgehead atoms. The van der Waals surface area contributed by atoms with Crippen LogP contribution >= 0.6 is 22.9 Å². The summed E-state index contributed by atoms with van der Waals surface area (Å²) in [7, 11) is 0. The van der Waals surface area contributed by atoms with Gasteiger partial charge in [-0.05, 0) is 12.1 Å². The number of thiazole rings is 1. The summed E-state index contributed by atoms with van der Waals surface area (Å²) >= 11 is 7.04. The van der Waals surface area contributed by atoms with Crippen LogP contribution in [0.2, 0.25) is 5.02 Å². The topological polar surface area (TPSA) is 43.6 Å². The fraction of sp³-hybridized carbons (Fsp3) is 0. The molecule has 7 heteroatoms. The Bertz CT molecular complexity index is 768. The highest BCUT2D eigenvalue weighted by molar-refractivity contribution is 7.15. The zero-order valence-corrected chi connectivity index (χ0v) is 10.9. The van der Waals surface area contributed by atoms with Crippen molar-refractivity contribution in [3.05, 3.63) is 46.3 Å². The van der Waals surface area contributed by atoms with Gasteiger partial charge in [-0.2, -0.15) is 4.98 Å². The Hall–Kier alpha value is -1.92. The molecule has 0 amide bonds. The number of nitrogens with zero attached hydrogens (tertiary/aromatic N) is 2. The smallest absolute Gasteiger partial charge is 0.250 e. The summed E-state index contributed by atoms with van der Waals surface area (Å²) in [6.45, 7) is 0. The Morgan fingerprint density at radius 1 is 1.47 bits per heavy atom. The SMILES string of the molecule is O=Cc1c(Oc2ccc(F)c(Cl)c2)nc2sccn12. The Morgan fingerprint density at radius 2 is 2.32 bits per heavy atom. The van der Waals surface area contributed by atoms with Gasteiger partial charge in [-0.3, -0.25) is 9.20 Å². The minimum absolute atomic E-state index is 0.0498. The van der Waals surface area contributed by atoms with E-state index >= 15 is 0 Å². The molecule has 19 heavy (non-hydrogen) atoms. The van der Waals surface area contributed by atoms with Crippen LogP contribution in [0.3, 0.4) is 0 Å². The molecule has 2 heterocycles. The lowest BCUT2D eigenvalue weighted by atomic mass is 10.3. The molecule has 3 aromatic rings. The zero-order chi connectivity index (χ0) is 13.4. The molecule has 0 aliphatic heterocycles. The number of carbonyl (C=O) groups excluding carboxylic acids is 1. The van der Waals surface area contributed by atoms with Gasteiger partial charge in [0.15, 0.2) is 16.9 Å². The second-order valence-corrected chi connectivity index (χ2v) is 4.93. The van der Waals surface area contributed by atoms with Crippen molar-refractivity contribution >= 4 is 34.2 Å². The van der Waals surface area contributed by atoms with E-state index in [2.05, 4.69) is 4.98 Å². The third-order valence-corrected chi connectivity index (χ3v) is 3.53. The summed E-state index contributed by atoms with van der Waals surface area (Å²) in [5.41, 5.74) is 0.302. The highest BCUT2D eigenvalue weighted by Crippen LogP contribution is 2.29. The summed E-state index contributed by atoms with van der Waals surface area (Å²) < 4.78 is 20.1. The van der Waals surface area contributed by atoms with E-state index in [4.69, 9.17) is 16.3 Å². The molecule has 0 spiro atoms. The molecule has 0 fully saturated rings. The minimum atomic E-state index is -0.532. The average molecular weight is 297 g/mol. The maximum atomic E-state index is 13.0. The Labute approximate surface area is 116 Å². The van der Waals surface area contributed by atoms with Crippen LogP contribution in [0.15, 0.2) is 29.8 Å². The number of halogens is 2. The molecule has 0 radical (unpaired) electrons. The Morgan fingerprint density at radius 3 is 3.05 bits per heavy atom. The number of ether oxygens (including phenoxy) is 1. The minimum Gasteiger partial charge on any atom is -0.437 e. The number of aromatic nitrogens is 2. The molecule has 0 unspecified atom stereocenters. The quantitative estimate of drug-likeness (QED) is 0.691. The molecule has 1 aromatic carbocycles. The Balaban J connectivity index is 2.02. The number of carbonyl (C=O) groups is 1. The van der Waals surface area contributed by atoms with Crippen LogP contribution < -0.4 is 4.74 Å². The van der Waals surface area contributed by atoms with Crippen LogP contribution in [0, 0.1) is 5.82 Å². The molecule has 0 aliphatic carbocycles. The van der Waals surface area contributed by atoms with Crippen LogP contribution in [0.1, 0.15) is 10.5 Å². The number of hydrogen-bond acceptors (Lipinski definition) is 4. The zero-order valence-electron chi connectivity index (χ0n) is 9.34. The van der Waals surface area contributed by atoms with E-state index in [-0.39, 0.29) is 10.9 Å². The molecular formula is C12H6ClFN2O2S. The van der Waals surface area contributed by atoms with Crippen molar-refractivity contribution in [3.8, 4) is 11.6 Å². The predicted molar refractivity (Wildman–Crippen MR) is 69.9 cm³/mol. The predicted octanol–water partition coefficient (Wildman–Crippen LogP) is 3.79. The van der Waals surface area contributed by atoms with Gasteiger partial charge in [-0.1, -0.05) is 11.6 Å². The lowest BCUT2D eigenvalue weighted by molar-refractivity contribution is 0.111. The molecular weight excluding hydrogens is 291 g/mol. The van der Waals surface area contributed by atoms with E-state index in [1.165, 1.54) is 29.5 Å². The summed E-state index contributed by atoms with van der Waals surface area (Å²) in [6.07, 6.45) is 2.38. The first-order valence-electron chi connectivity index (χ1n) is 5.22. The molecule has 0 N–H and O–H groups in total. The molecule has 3 rings (SSSR count). The summed E-state index contributed by atoms with van der Waals surface area (Å²) in [5, 5.41) is 1.76. The number of aldehydes is 1. The van der Waals surface area contributed by atoms with E-state index in [1.807, 2.05) is 5.38 Å². The third-order valence-electron chi connectivity index (χ3n) is 2.48. The van der Waals surface area contributed by atoms with Gasteiger partial charge in [-0.15, -0.1) is 11.3 Å². The first-order chi connectivity index (χ1) is 9.19. The maximum Gasteiger partial charge on any atom is 0.250 e. The van der Waals surface area contributed by atoms with E-state index in [0.717, 1.165) is 0 Å². The van der Waals surface area contributed by atoms with Gasteiger partial charge in [0.05, 0.1) is 5.02 Å². The van der Waals surface area contributed by atoms with Crippen LogP contribution in [-0.2, 0) is 0 Å². The Kier molecular flexibility index (Phi) is 2.96. The molecule has 96 valence electrons. The van der Waals surface area contributed by atoms with Crippen molar-refractivity contribution < 1.29 is 13.9 Å². The van der Waals surface area contributed by atoms with Crippen LogP contribution in [0.5, 0.6) is 11.6 Å². The molecule has 0 saturated heterocycles. The first kappa shape index (κ1) is 12.1. The van der Waals surface area contributed by atoms with E-state index < -0.39 is 5.82 Å². The van der Waals surface area contributed by atoms with Gasteiger partial charge in [0.1, 0.15) is 11.6 Å². The standard InChI is InChI=1S/C12H6ClFN2O2S/c13-8-5-7(1-2-9(8)14)18-11-10(6-17)16-3-4-19-12(16)15-11/h1-6H. The van der Waals surface area contributed by atoms with Gasteiger partial charge in [0.2, 0.25) is 5.88 Å². The fourth-order valence-electron chi connectivity index (χ4n) is 1.62. The number of rotatable bonds is 3. The van der Waals surface area contributed by atoms with E-state index in [9.17, 15) is 9.18 Å². The highest BCUT2D eigenvalue weighted by Gasteiger charge is 2.15. The van der Waals surface area contributed by atoms with Crippen LogP contribution in [-0.4, -0.2) is 15.7 Å². The number of hydrogen-bond donors (Lipinski definition) is 0. The molecule has 2 aromatic heterocycles. The average Bonchev–Trinajstić information content (AvgIpc) is 2.94. The van der Waals surface area contributed by atoms with E-state index in [0.29, 0.717) is 22.7 Å². The van der Waals surface area contributed by atoms with E-state index in [1.54, 1.807) is 10.6 Å². The number of fused-ring (bicyclic) bond motifs is 1. The summed E-state index contributed by atoms with van der Waals surface area (Å²) in [5.74, 6) is -0.0415. The molecule has 0 atom stereocenters. The lowest BCUT2D eigenvalue weighted by Crippen LogP contribution is -1.92. The van der Waals surface area contributed by atoms with Crippen molar-refractivity contribution in [1.82, 2.24) is 9.38 Å². The monoisotopic (exact) mass is 296 g/mol. The first-order valence-corrected chi connectivity index (χ1v) is 6.48. The van der Waals surface area contributed by atoms with Gasteiger partial charge in [0, 0.05) is 17.6 Å². The van der Waals surface area contributed by atoms with Crippen molar-refractivity contribution in [2.75, 3.05) is 0 Å². The number of imidazole rings is 1. The summed E-state index contributed by atoms with van der Waals surface area (Å²) in [6, 6.07) is 3.94. The van der Waals surface area contributed by atoms with Crippen LogP contribution in [0.25, 0.3) is 4.96 Å². The highest BCUT2D eigenvalue weighted by atomic mass is 35.5. The number of benzene rings is 1. The normalized spacial score (nSPS) is 10.8. The molecule has 4 nitrogen and oxygen atoms in total. The van der Waals surface area contributed by atoms with Crippen LogP contribution in [0.4, 0.5) is 4.39 Å². The van der Waals surface area contributed by atoms with Gasteiger partial charge >= 0.3 is 0 Å². The fourth-order valence-corrected chi connectivity index (χ4v) is 2.50. The van der Waals surface area contributed by atoms with Crippen molar-refractivity contribution in [1.29, 1.82) is 0 Å². The lowest BCUT2D eigenvalue weighted by Gasteiger charge is -2.03. The summed E-state index contributed by atoms with van der Waals surface area (Å²) in [4.78, 5) is 15.9. The third kappa shape index (κ3) is 2.09. The van der Waals surface area contributed by atoms with Crippen molar-refractivity contribution in [2.24, 2.45) is 0 Å². The largest absolute Gasteiger partial charge is 0.437 e. The van der Waals surface area contributed by atoms with Crippen molar-refractivity contribution in [2.45, 2.75) is 0 Å². The molecule has 0 saturated carbocycles. The van der Waals surface area contributed by atoms with Gasteiger partial charge in [-0.25, -0.2) is 4.39 Å². The second-order valence-electron chi connectivity index (χ2n) is 3.65. The van der Waals surface area contributed by atoms with Gasteiger partial charge in [0.25, 0.3) is 0 Å². The maximum absolute atomic E-state index is 13.0. The van der Waals surface area contributed by atoms with Crippen molar-refractivity contribution in [3.63, 3.8) is 0 Å². The second kappa shape index (κ2) is 4.64.